The highest BCUT2D eigenvalue weighted by molar-refractivity contribution is 5.08. The van der Waals surface area contributed by atoms with Gasteiger partial charge in [0, 0.05) is 24.3 Å². The van der Waals surface area contributed by atoms with Crippen LogP contribution >= 0.6 is 0 Å². The lowest BCUT2D eigenvalue weighted by Crippen LogP contribution is -2.56. The number of rotatable bonds is 20. The molecule has 0 aliphatic rings. The van der Waals surface area contributed by atoms with Crippen LogP contribution in [-0.2, 0) is 12.8 Å². The molecule has 2 rings (SSSR count). The Labute approximate surface area is 211 Å². The van der Waals surface area contributed by atoms with Crippen LogP contribution in [0, 0.1) is 0 Å². The van der Waals surface area contributed by atoms with Crippen molar-refractivity contribution >= 4 is 0 Å². The van der Waals surface area contributed by atoms with Gasteiger partial charge in [0.2, 0.25) is 0 Å². The summed E-state index contributed by atoms with van der Waals surface area (Å²) in [5.74, 6) is 0. The number of nitrogens with zero attached hydrogens (tertiary/aromatic N) is 2. The maximum atomic E-state index is 2.44. The van der Waals surface area contributed by atoms with E-state index in [2.05, 4.69) is 79.0 Å². The highest BCUT2D eigenvalue weighted by Crippen LogP contribution is 2.14. The molecule has 2 nitrogen and oxygen atoms in total. The summed E-state index contributed by atoms with van der Waals surface area (Å²) in [6.45, 7) is 6.86. The monoisotopic (exact) mass is 466 g/mol. The van der Waals surface area contributed by atoms with Gasteiger partial charge in [0.1, 0.15) is 0 Å². The highest BCUT2D eigenvalue weighted by Gasteiger charge is 2.26. The first kappa shape index (κ1) is 28.5. The first-order chi connectivity index (χ1) is 16.8. The Kier molecular flexibility index (Phi) is 15.6. The zero-order valence-electron chi connectivity index (χ0n) is 22.8. The quantitative estimate of drug-likeness (QED) is 0.136. The van der Waals surface area contributed by atoms with E-state index in [0.717, 1.165) is 0 Å². The fourth-order valence-corrected chi connectivity index (χ4v) is 4.92. The number of aryl methyl sites for hydroxylation is 2. The summed E-state index contributed by atoms with van der Waals surface area (Å²) >= 11 is 0. The fraction of sp³-hybridized carbons (Fsp3) is 0.688. The van der Waals surface area contributed by atoms with Crippen molar-refractivity contribution in [1.82, 2.24) is 0 Å². The second-order valence-corrected chi connectivity index (χ2v) is 10.3. The minimum Gasteiger partial charge on any atom is -0.144 e. The van der Waals surface area contributed by atoms with Gasteiger partial charge in [-0.1, -0.05) is 97.8 Å². The minimum absolute atomic E-state index is 0.374. The molecule has 0 unspecified atom stereocenters. The highest BCUT2D eigenvalue weighted by atomic mass is 15.2. The van der Waals surface area contributed by atoms with Crippen molar-refractivity contribution < 1.29 is 9.13 Å². The fourth-order valence-electron chi connectivity index (χ4n) is 4.92. The van der Waals surface area contributed by atoms with E-state index in [0.29, 0.717) is 6.17 Å². The predicted molar refractivity (Wildman–Crippen MR) is 146 cm³/mol. The zero-order chi connectivity index (χ0) is 24.3. The summed E-state index contributed by atoms with van der Waals surface area (Å²) < 4.78 is 4.87. The van der Waals surface area contributed by atoms with Crippen molar-refractivity contribution in [2.75, 3.05) is 0 Å². The zero-order valence-corrected chi connectivity index (χ0v) is 22.8. The minimum atomic E-state index is 0.374. The molecule has 0 aliphatic heterocycles. The van der Waals surface area contributed by atoms with Gasteiger partial charge in [0.15, 0.2) is 24.8 Å². The van der Waals surface area contributed by atoms with Gasteiger partial charge in [-0.3, -0.25) is 0 Å². The van der Waals surface area contributed by atoms with Crippen molar-refractivity contribution in [3.8, 4) is 0 Å². The SMILES string of the molecule is CCCCCCCCCCCC([n+]1ccc(CCCCC)cc1)[n+]1ccc(CCCCC)cc1. The third-order valence-corrected chi connectivity index (χ3v) is 7.24. The molecule has 2 heterocycles. The smallest absolute Gasteiger partial charge is 0.144 e. The molecule has 34 heavy (non-hydrogen) atoms. The Bertz CT molecular complexity index is 666. The molecule has 0 aromatic carbocycles. The summed E-state index contributed by atoms with van der Waals surface area (Å²) in [6, 6.07) is 9.38. The molecule has 0 saturated carbocycles. The average Bonchev–Trinajstić information content (AvgIpc) is 2.87. The Morgan fingerprint density at radius 2 is 0.824 bits per heavy atom. The van der Waals surface area contributed by atoms with E-state index in [9.17, 15) is 0 Å². The lowest BCUT2D eigenvalue weighted by molar-refractivity contribution is -0.945. The first-order valence-electron chi connectivity index (χ1n) is 14.8. The van der Waals surface area contributed by atoms with Crippen molar-refractivity contribution in [2.45, 2.75) is 143 Å². The van der Waals surface area contributed by atoms with E-state index >= 15 is 0 Å². The van der Waals surface area contributed by atoms with Crippen molar-refractivity contribution in [2.24, 2.45) is 0 Å². The molecule has 2 aromatic heterocycles. The van der Waals surface area contributed by atoms with Crippen LogP contribution in [0.15, 0.2) is 49.1 Å². The predicted octanol–water partition coefficient (Wildman–Crippen LogP) is 8.69. The lowest BCUT2D eigenvalue weighted by atomic mass is 10.1. The number of hydrogen-bond acceptors (Lipinski definition) is 0. The molecule has 0 amide bonds. The third kappa shape index (κ3) is 11.6. The van der Waals surface area contributed by atoms with E-state index < -0.39 is 0 Å². The van der Waals surface area contributed by atoms with E-state index in [1.807, 2.05) is 0 Å². The Balaban J connectivity index is 1.94. The third-order valence-electron chi connectivity index (χ3n) is 7.24. The van der Waals surface area contributed by atoms with E-state index in [1.165, 1.54) is 127 Å². The molecule has 2 aromatic rings. The molecule has 0 radical (unpaired) electrons. The summed E-state index contributed by atoms with van der Waals surface area (Å²) in [5.41, 5.74) is 2.95. The average molecular weight is 467 g/mol. The summed E-state index contributed by atoms with van der Waals surface area (Å²) in [5, 5.41) is 0. The molecule has 0 atom stereocenters. The normalized spacial score (nSPS) is 11.4. The Morgan fingerprint density at radius 3 is 1.24 bits per heavy atom. The molecule has 0 spiro atoms. The molecule has 0 N–H and O–H groups in total. The number of pyridine rings is 2. The van der Waals surface area contributed by atoms with Crippen LogP contribution in [0.3, 0.4) is 0 Å². The van der Waals surface area contributed by atoms with Crippen LogP contribution in [0.25, 0.3) is 0 Å². The van der Waals surface area contributed by atoms with Gasteiger partial charge in [0.25, 0.3) is 0 Å². The van der Waals surface area contributed by atoms with Crippen molar-refractivity contribution in [3.05, 3.63) is 60.2 Å². The lowest BCUT2D eigenvalue weighted by Gasteiger charge is -2.10. The molecule has 2 heteroatoms. The molecule has 0 bridgehead atoms. The maximum absolute atomic E-state index is 2.44. The van der Waals surface area contributed by atoms with E-state index in [1.54, 1.807) is 0 Å². The molecule has 0 aliphatic carbocycles. The summed E-state index contributed by atoms with van der Waals surface area (Å²) in [7, 11) is 0. The second kappa shape index (κ2) is 18.6. The number of unbranched alkanes of at least 4 members (excludes halogenated alkanes) is 12. The van der Waals surface area contributed by atoms with E-state index in [4.69, 9.17) is 0 Å². The van der Waals surface area contributed by atoms with Gasteiger partial charge < -0.3 is 0 Å². The van der Waals surface area contributed by atoms with Crippen LogP contribution in [0.2, 0.25) is 0 Å². The van der Waals surface area contributed by atoms with Gasteiger partial charge in [-0.25, -0.2) is 0 Å². The van der Waals surface area contributed by atoms with Gasteiger partial charge in [-0.2, -0.15) is 0 Å². The largest absolute Gasteiger partial charge is 0.352 e. The molecule has 0 saturated heterocycles. The Morgan fingerprint density at radius 1 is 0.471 bits per heavy atom. The van der Waals surface area contributed by atoms with Gasteiger partial charge in [-0.05, 0) is 43.2 Å². The molecular formula is C32H54N2+2. The van der Waals surface area contributed by atoms with Crippen LogP contribution in [0.4, 0.5) is 0 Å². The Hall–Kier alpha value is -1.70. The molecule has 190 valence electrons. The van der Waals surface area contributed by atoms with Crippen molar-refractivity contribution in [1.29, 1.82) is 0 Å². The van der Waals surface area contributed by atoms with Crippen molar-refractivity contribution in [3.63, 3.8) is 0 Å². The van der Waals surface area contributed by atoms with Gasteiger partial charge in [-0.15, -0.1) is 9.13 Å². The molecule has 0 fully saturated rings. The number of hydrogen-bond donors (Lipinski definition) is 0. The molecular weight excluding hydrogens is 412 g/mol. The van der Waals surface area contributed by atoms with Crippen LogP contribution in [0.1, 0.15) is 141 Å². The van der Waals surface area contributed by atoms with Gasteiger partial charge >= 0.3 is 6.17 Å². The standard InChI is InChI=1S/C32H54N2/c1-4-7-10-11-12-13-14-15-18-21-32(33-26-22-30(23-27-33)19-16-8-5-2)34-28-24-31(25-29-34)20-17-9-6-3/h22-29,32H,4-21H2,1-3H3/q+2. The van der Waals surface area contributed by atoms with E-state index in [-0.39, 0.29) is 0 Å². The van der Waals surface area contributed by atoms with Gasteiger partial charge in [0.05, 0.1) is 6.42 Å². The van der Waals surface area contributed by atoms with Crippen LogP contribution in [-0.4, -0.2) is 0 Å². The number of aromatic nitrogens is 2. The van der Waals surface area contributed by atoms with Crippen LogP contribution in [0.5, 0.6) is 0 Å². The van der Waals surface area contributed by atoms with Crippen LogP contribution < -0.4 is 9.13 Å². The maximum Gasteiger partial charge on any atom is 0.352 e. The summed E-state index contributed by atoms with van der Waals surface area (Å²) in [4.78, 5) is 0. The first-order valence-corrected chi connectivity index (χ1v) is 14.8. The second-order valence-electron chi connectivity index (χ2n) is 10.3. The summed E-state index contributed by atoms with van der Waals surface area (Å²) in [6.07, 6.45) is 33.6. The topological polar surface area (TPSA) is 7.76 Å².